The maximum atomic E-state index is 16.1. The van der Waals surface area contributed by atoms with Gasteiger partial charge >= 0.3 is 0 Å². The first-order valence-corrected chi connectivity index (χ1v) is 16.0. The SMILES string of the molecule is C=C1C(C2(C#N)CC2)=Cc2c3ncnc2N1CCCCCCCN1CCC(CC1(C)C)C(F)(F)c1cccc(c1)[C@@H](C)N3. The molecule has 0 amide bonds. The maximum absolute atomic E-state index is 16.1. The normalized spacial score (nSPS) is 28.1. The van der Waals surface area contributed by atoms with Gasteiger partial charge in [-0.2, -0.15) is 5.26 Å². The molecule has 0 radical (unpaired) electrons. The quantitative estimate of drug-likeness (QED) is 0.363. The highest BCUT2D eigenvalue weighted by atomic mass is 19.3. The van der Waals surface area contributed by atoms with Crippen LogP contribution in [0, 0.1) is 22.7 Å². The van der Waals surface area contributed by atoms with Gasteiger partial charge in [-0.3, -0.25) is 4.90 Å². The number of hydrogen-bond donors (Lipinski definition) is 1. The number of anilines is 2. The van der Waals surface area contributed by atoms with Crippen LogP contribution < -0.4 is 10.2 Å². The van der Waals surface area contributed by atoms with E-state index >= 15 is 8.78 Å². The summed E-state index contributed by atoms with van der Waals surface area (Å²) in [5.74, 6) is -2.19. The lowest BCUT2D eigenvalue weighted by molar-refractivity contribution is -0.109. The molecule has 4 aliphatic heterocycles. The molecule has 1 saturated heterocycles. The van der Waals surface area contributed by atoms with Gasteiger partial charge in [0, 0.05) is 35.3 Å². The molecule has 8 heteroatoms. The molecule has 2 fully saturated rings. The predicted molar refractivity (Wildman–Crippen MR) is 168 cm³/mol. The first kappa shape index (κ1) is 29.7. The summed E-state index contributed by atoms with van der Waals surface area (Å²) < 4.78 is 32.3. The molecule has 1 N–H and O–H groups in total. The van der Waals surface area contributed by atoms with Gasteiger partial charge in [-0.1, -0.05) is 44.0 Å². The first-order chi connectivity index (χ1) is 20.6. The smallest absolute Gasteiger partial charge is 0.276 e. The van der Waals surface area contributed by atoms with Crippen LogP contribution in [0.4, 0.5) is 20.4 Å². The third-order valence-corrected chi connectivity index (χ3v) is 10.3. The van der Waals surface area contributed by atoms with E-state index in [9.17, 15) is 5.26 Å². The van der Waals surface area contributed by atoms with Gasteiger partial charge in [0.15, 0.2) is 0 Å². The highest BCUT2D eigenvalue weighted by molar-refractivity contribution is 5.84. The van der Waals surface area contributed by atoms with Crippen molar-refractivity contribution in [2.24, 2.45) is 11.3 Å². The summed E-state index contributed by atoms with van der Waals surface area (Å²) in [6, 6.07) is 9.15. The zero-order valence-corrected chi connectivity index (χ0v) is 25.8. The lowest BCUT2D eigenvalue weighted by Crippen LogP contribution is -2.52. The Bertz CT molecular complexity index is 1450. The Kier molecular flexibility index (Phi) is 7.83. The van der Waals surface area contributed by atoms with Crippen LogP contribution >= 0.6 is 0 Å². The molecule has 0 spiro atoms. The number of nitrogens with zero attached hydrogens (tertiary/aromatic N) is 5. The fourth-order valence-electron chi connectivity index (χ4n) is 7.39. The number of nitrogens with one attached hydrogen (secondary N) is 1. The summed E-state index contributed by atoms with van der Waals surface area (Å²) in [6.45, 7) is 13.1. The number of halogens is 2. The van der Waals surface area contributed by atoms with Crippen LogP contribution in [0.5, 0.6) is 0 Å². The van der Waals surface area contributed by atoms with E-state index in [-0.39, 0.29) is 17.1 Å². The van der Waals surface area contributed by atoms with Crippen molar-refractivity contribution >= 4 is 17.7 Å². The van der Waals surface area contributed by atoms with E-state index < -0.39 is 17.3 Å². The van der Waals surface area contributed by atoms with Crippen LogP contribution in [0.15, 0.2) is 48.4 Å². The van der Waals surface area contributed by atoms with Gasteiger partial charge in [0.2, 0.25) is 0 Å². The number of alkyl halides is 2. The van der Waals surface area contributed by atoms with E-state index in [2.05, 4.69) is 51.6 Å². The Balaban J connectivity index is 1.37. The van der Waals surface area contributed by atoms with Crippen molar-refractivity contribution in [1.29, 1.82) is 5.26 Å². The Morgan fingerprint density at radius 1 is 1.05 bits per heavy atom. The number of piperidine rings is 1. The third kappa shape index (κ3) is 5.57. The molecule has 8 bridgehead atoms. The standard InChI is InChI=1S/C35H44F2N6/c1-24-26-11-10-12-27(19-26)35(36,37)28-13-18-42(33(3,4)21-28)16-8-6-5-7-9-17-43-25(2)30(34(22-38)14-15-34)20-29-31(41-24)39-23-40-32(29)43/h10-12,19-20,23-24,28H,2,5-9,13-18,21H2,1,3-4H3,(H,39,40,41)/t24-,28?/m1/s1. The lowest BCUT2D eigenvalue weighted by Gasteiger charge is -2.47. The molecule has 43 heavy (non-hydrogen) atoms. The molecule has 2 aromatic rings. The van der Waals surface area contributed by atoms with Crippen molar-refractivity contribution < 1.29 is 8.78 Å². The van der Waals surface area contributed by atoms with Crippen LogP contribution in [-0.2, 0) is 5.92 Å². The van der Waals surface area contributed by atoms with E-state index in [0.29, 0.717) is 25.2 Å². The van der Waals surface area contributed by atoms with Gasteiger partial charge in [-0.25, -0.2) is 18.7 Å². The summed E-state index contributed by atoms with van der Waals surface area (Å²) in [6.07, 6.45) is 11.6. The minimum Gasteiger partial charge on any atom is -0.363 e. The average Bonchev–Trinajstić information content (AvgIpc) is 3.78. The van der Waals surface area contributed by atoms with Crippen molar-refractivity contribution in [2.75, 3.05) is 29.9 Å². The van der Waals surface area contributed by atoms with Crippen molar-refractivity contribution in [3.05, 3.63) is 65.1 Å². The maximum Gasteiger partial charge on any atom is 0.276 e. The molecule has 6 nitrogen and oxygen atoms in total. The first-order valence-electron chi connectivity index (χ1n) is 16.0. The van der Waals surface area contributed by atoms with E-state index in [1.807, 2.05) is 19.1 Å². The number of nitriles is 1. The summed E-state index contributed by atoms with van der Waals surface area (Å²) in [4.78, 5) is 13.9. The number of aromatic nitrogens is 2. The highest BCUT2D eigenvalue weighted by Gasteiger charge is 2.50. The molecular formula is C35H44F2N6. The van der Waals surface area contributed by atoms with E-state index in [1.54, 1.807) is 24.5 Å². The molecule has 5 aliphatic rings. The van der Waals surface area contributed by atoms with Gasteiger partial charge < -0.3 is 10.2 Å². The van der Waals surface area contributed by atoms with Gasteiger partial charge in [0.25, 0.3) is 5.92 Å². The van der Waals surface area contributed by atoms with E-state index in [1.165, 1.54) is 0 Å². The lowest BCUT2D eigenvalue weighted by atomic mass is 9.77. The van der Waals surface area contributed by atoms with Gasteiger partial charge in [0.05, 0.1) is 17.0 Å². The van der Waals surface area contributed by atoms with E-state index in [0.717, 1.165) is 86.3 Å². The minimum absolute atomic E-state index is 0.0814. The van der Waals surface area contributed by atoms with Crippen molar-refractivity contribution in [3.63, 3.8) is 0 Å². The molecule has 1 aromatic heterocycles. The summed E-state index contributed by atoms with van der Waals surface area (Å²) in [5.41, 5.74) is 2.71. The average molecular weight is 587 g/mol. The number of hydrogen-bond acceptors (Lipinski definition) is 6. The molecule has 2 unspecified atom stereocenters. The van der Waals surface area contributed by atoms with Crippen LogP contribution in [0.1, 0.15) is 101 Å². The Labute approximate surface area is 254 Å². The predicted octanol–water partition coefficient (Wildman–Crippen LogP) is 8.22. The monoisotopic (exact) mass is 586 g/mol. The molecule has 3 atom stereocenters. The highest BCUT2D eigenvalue weighted by Crippen LogP contribution is 2.56. The Hall–Kier alpha value is -3.31. The second-order valence-electron chi connectivity index (χ2n) is 13.7. The largest absolute Gasteiger partial charge is 0.363 e. The van der Waals surface area contributed by atoms with Gasteiger partial charge in [-0.15, -0.1) is 0 Å². The fourth-order valence-corrected chi connectivity index (χ4v) is 7.39. The van der Waals surface area contributed by atoms with Gasteiger partial charge in [-0.05, 0) is 95.7 Å². The van der Waals surface area contributed by atoms with Crippen LogP contribution in [0.3, 0.4) is 0 Å². The number of rotatable bonds is 1. The molecule has 1 saturated carbocycles. The molecule has 7 rings (SSSR count). The molecule has 5 heterocycles. The summed E-state index contributed by atoms with van der Waals surface area (Å²) in [7, 11) is 0. The number of allylic oxidation sites excluding steroid dienone is 1. The van der Waals surface area contributed by atoms with Crippen LogP contribution in [0.25, 0.3) is 6.08 Å². The third-order valence-electron chi connectivity index (χ3n) is 10.3. The zero-order valence-electron chi connectivity index (χ0n) is 25.8. The molecule has 1 aromatic carbocycles. The van der Waals surface area contributed by atoms with Crippen LogP contribution in [0.2, 0.25) is 0 Å². The fraction of sp³-hybridized carbons (Fsp3) is 0.571. The minimum atomic E-state index is -2.92. The topological polar surface area (TPSA) is 68.1 Å². The molecule has 1 aliphatic carbocycles. The van der Waals surface area contributed by atoms with Crippen LogP contribution in [-0.4, -0.2) is 40.0 Å². The zero-order chi connectivity index (χ0) is 30.4. The van der Waals surface area contributed by atoms with Crippen molar-refractivity contribution in [3.8, 4) is 6.07 Å². The summed E-state index contributed by atoms with van der Waals surface area (Å²) >= 11 is 0. The number of fused-ring (bicyclic) bond motifs is 9. The van der Waals surface area contributed by atoms with E-state index in [4.69, 9.17) is 0 Å². The Morgan fingerprint density at radius 2 is 1.79 bits per heavy atom. The summed E-state index contributed by atoms with van der Waals surface area (Å²) in [5, 5.41) is 13.6. The second-order valence-corrected chi connectivity index (χ2v) is 13.7. The molecular weight excluding hydrogens is 542 g/mol. The second kappa shape index (κ2) is 11.3. The van der Waals surface area contributed by atoms with Gasteiger partial charge in [0.1, 0.15) is 18.0 Å². The van der Waals surface area contributed by atoms with Crippen molar-refractivity contribution in [2.45, 2.75) is 96.1 Å². The number of benzene rings is 1. The Morgan fingerprint density at radius 3 is 2.51 bits per heavy atom. The molecule has 228 valence electrons. The van der Waals surface area contributed by atoms with Crippen molar-refractivity contribution in [1.82, 2.24) is 14.9 Å².